The van der Waals surface area contributed by atoms with E-state index in [0.29, 0.717) is 0 Å². The number of piperidine rings is 1. The summed E-state index contributed by atoms with van der Waals surface area (Å²) in [7, 11) is 2.02. The lowest BCUT2D eigenvalue weighted by molar-refractivity contribution is 0.323. The van der Waals surface area contributed by atoms with Gasteiger partial charge in [0, 0.05) is 25.3 Å². The SMILES string of the molecule is CNCc1cc(C)ccc1N1CCC(C)C(C)C1. The third-order valence-corrected chi connectivity index (χ3v) is 4.28. The molecule has 1 aromatic carbocycles. The molecule has 2 nitrogen and oxygen atoms in total. The number of anilines is 1. The second-order valence-corrected chi connectivity index (χ2v) is 5.85. The topological polar surface area (TPSA) is 15.3 Å². The first-order valence-electron chi connectivity index (χ1n) is 7.11. The highest BCUT2D eigenvalue weighted by atomic mass is 15.1. The zero-order valence-electron chi connectivity index (χ0n) is 12.2. The van der Waals surface area contributed by atoms with Crippen LogP contribution in [-0.2, 0) is 6.54 Å². The Kier molecular flexibility index (Phi) is 4.28. The molecule has 18 heavy (non-hydrogen) atoms. The van der Waals surface area contributed by atoms with Gasteiger partial charge < -0.3 is 10.2 Å². The van der Waals surface area contributed by atoms with Crippen LogP contribution >= 0.6 is 0 Å². The Morgan fingerprint density at radius 3 is 2.72 bits per heavy atom. The number of rotatable bonds is 3. The Bertz CT molecular complexity index is 400. The van der Waals surface area contributed by atoms with Crippen LogP contribution in [0.4, 0.5) is 5.69 Å². The highest BCUT2D eigenvalue weighted by molar-refractivity contribution is 5.55. The standard InChI is InChI=1S/C16H26N2/c1-12-5-6-16(15(9-12)10-17-4)18-8-7-13(2)14(3)11-18/h5-6,9,13-14,17H,7-8,10-11H2,1-4H3. The van der Waals surface area contributed by atoms with Crippen molar-refractivity contribution in [1.82, 2.24) is 5.32 Å². The van der Waals surface area contributed by atoms with Gasteiger partial charge >= 0.3 is 0 Å². The van der Waals surface area contributed by atoms with E-state index >= 15 is 0 Å². The molecule has 1 N–H and O–H groups in total. The largest absolute Gasteiger partial charge is 0.371 e. The van der Waals surface area contributed by atoms with Gasteiger partial charge in [-0.1, -0.05) is 31.5 Å². The fourth-order valence-corrected chi connectivity index (χ4v) is 2.84. The first-order chi connectivity index (χ1) is 8.61. The maximum atomic E-state index is 3.28. The molecule has 1 aliphatic rings. The molecule has 0 radical (unpaired) electrons. The van der Waals surface area contributed by atoms with E-state index in [4.69, 9.17) is 0 Å². The average Bonchev–Trinajstić information content (AvgIpc) is 2.34. The lowest BCUT2D eigenvalue weighted by Crippen LogP contribution is -2.39. The summed E-state index contributed by atoms with van der Waals surface area (Å²) >= 11 is 0. The van der Waals surface area contributed by atoms with Gasteiger partial charge in [0.1, 0.15) is 0 Å². The fraction of sp³-hybridized carbons (Fsp3) is 0.625. The third kappa shape index (κ3) is 2.86. The van der Waals surface area contributed by atoms with Gasteiger partial charge in [0.15, 0.2) is 0 Å². The van der Waals surface area contributed by atoms with Crippen LogP contribution in [0.15, 0.2) is 18.2 Å². The van der Waals surface area contributed by atoms with Crippen molar-refractivity contribution in [3.05, 3.63) is 29.3 Å². The van der Waals surface area contributed by atoms with Crippen molar-refractivity contribution < 1.29 is 0 Å². The van der Waals surface area contributed by atoms with Crippen molar-refractivity contribution >= 4 is 5.69 Å². The van der Waals surface area contributed by atoms with E-state index in [2.05, 4.69) is 49.2 Å². The van der Waals surface area contributed by atoms with Gasteiger partial charge in [-0.15, -0.1) is 0 Å². The van der Waals surface area contributed by atoms with E-state index in [1.807, 2.05) is 7.05 Å². The zero-order chi connectivity index (χ0) is 13.1. The fourth-order valence-electron chi connectivity index (χ4n) is 2.84. The summed E-state index contributed by atoms with van der Waals surface area (Å²) in [6, 6.07) is 6.84. The summed E-state index contributed by atoms with van der Waals surface area (Å²) in [4.78, 5) is 2.57. The van der Waals surface area contributed by atoms with E-state index in [1.165, 1.54) is 36.3 Å². The lowest BCUT2D eigenvalue weighted by Gasteiger charge is -2.38. The van der Waals surface area contributed by atoms with Crippen LogP contribution in [-0.4, -0.2) is 20.1 Å². The second-order valence-electron chi connectivity index (χ2n) is 5.85. The second kappa shape index (κ2) is 5.75. The van der Waals surface area contributed by atoms with Crippen molar-refractivity contribution in [3.63, 3.8) is 0 Å². The molecule has 1 fully saturated rings. The molecule has 0 spiro atoms. The van der Waals surface area contributed by atoms with Crippen molar-refractivity contribution in [3.8, 4) is 0 Å². The molecule has 1 saturated heterocycles. The van der Waals surface area contributed by atoms with Crippen LogP contribution in [0.2, 0.25) is 0 Å². The third-order valence-electron chi connectivity index (χ3n) is 4.28. The Labute approximate surface area is 111 Å². The summed E-state index contributed by atoms with van der Waals surface area (Å²) in [5, 5.41) is 3.28. The Balaban J connectivity index is 2.22. The molecule has 1 aromatic rings. The van der Waals surface area contributed by atoms with Crippen molar-refractivity contribution in [2.24, 2.45) is 11.8 Å². The van der Waals surface area contributed by atoms with E-state index in [0.717, 1.165) is 18.4 Å². The molecule has 100 valence electrons. The summed E-state index contributed by atoms with van der Waals surface area (Å²) in [5.74, 6) is 1.65. The molecule has 0 saturated carbocycles. The number of benzene rings is 1. The summed E-state index contributed by atoms with van der Waals surface area (Å²) in [6.07, 6.45) is 1.31. The normalized spacial score (nSPS) is 24.3. The predicted molar refractivity (Wildman–Crippen MR) is 79.1 cm³/mol. The van der Waals surface area contributed by atoms with Crippen LogP contribution in [0, 0.1) is 18.8 Å². The van der Waals surface area contributed by atoms with E-state index in [9.17, 15) is 0 Å². The monoisotopic (exact) mass is 246 g/mol. The Morgan fingerprint density at radius 2 is 2.06 bits per heavy atom. The van der Waals surface area contributed by atoms with Gasteiger partial charge in [0.05, 0.1) is 0 Å². The molecule has 0 amide bonds. The minimum atomic E-state index is 0.794. The van der Waals surface area contributed by atoms with Gasteiger partial charge in [-0.25, -0.2) is 0 Å². The predicted octanol–water partition coefficient (Wildman–Crippen LogP) is 3.20. The summed E-state index contributed by atoms with van der Waals surface area (Å²) in [6.45, 7) is 10.3. The summed E-state index contributed by atoms with van der Waals surface area (Å²) < 4.78 is 0. The first-order valence-corrected chi connectivity index (χ1v) is 7.11. The number of nitrogens with zero attached hydrogens (tertiary/aromatic N) is 1. The average molecular weight is 246 g/mol. The molecule has 0 aliphatic carbocycles. The molecule has 1 aliphatic heterocycles. The van der Waals surface area contributed by atoms with E-state index < -0.39 is 0 Å². The molecule has 2 atom stereocenters. The quantitative estimate of drug-likeness (QED) is 0.881. The highest BCUT2D eigenvalue weighted by Crippen LogP contribution is 2.29. The molecule has 0 bridgehead atoms. The van der Waals surface area contributed by atoms with E-state index in [1.54, 1.807) is 0 Å². The number of hydrogen-bond acceptors (Lipinski definition) is 2. The van der Waals surface area contributed by atoms with Crippen molar-refractivity contribution in [2.75, 3.05) is 25.0 Å². The van der Waals surface area contributed by atoms with Gasteiger partial charge in [-0.3, -0.25) is 0 Å². The van der Waals surface area contributed by atoms with Gasteiger partial charge in [0.25, 0.3) is 0 Å². The van der Waals surface area contributed by atoms with Crippen LogP contribution in [0.1, 0.15) is 31.4 Å². The lowest BCUT2D eigenvalue weighted by atomic mass is 9.88. The maximum Gasteiger partial charge on any atom is 0.0412 e. The molecule has 2 unspecified atom stereocenters. The van der Waals surface area contributed by atoms with Crippen molar-refractivity contribution in [1.29, 1.82) is 0 Å². The molecule has 2 heteroatoms. The van der Waals surface area contributed by atoms with Gasteiger partial charge in [-0.05, 0) is 43.9 Å². The maximum absolute atomic E-state index is 3.28. The zero-order valence-corrected chi connectivity index (χ0v) is 12.2. The Morgan fingerprint density at radius 1 is 1.28 bits per heavy atom. The molecule has 2 rings (SSSR count). The van der Waals surface area contributed by atoms with E-state index in [-0.39, 0.29) is 0 Å². The molecule has 0 aromatic heterocycles. The van der Waals surface area contributed by atoms with Crippen LogP contribution in [0.3, 0.4) is 0 Å². The van der Waals surface area contributed by atoms with Crippen LogP contribution in [0.5, 0.6) is 0 Å². The van der Waals surface area contributed by atoms with Crippen molar-refractivity contribution in [2.45, 2.75) is 33.7 Å². The van der Waals surface area contributed by atoms with Crippen LogP contribution in [0.25, 0.3) is 0 Å². The molecule has 1 heterocycles. The number of nitrogens with one attached hydrogen (secondary N) is 1. The summed E-state index contributed by atoms with van der Waals surface area (Å²) in [5.41, 5.74) is 4.20. The Hall–Kier alpha value is -1.02. The number of hydrogen-bond donors (Lipinski definition) is 1. The highest BCUT2D eigenvalue weighted by Gasteiger charge is 2.23. The van der Waals surface area contributed by atoms with Gasteiger partial charge in [0.2, 0.25) is 0 Å². The minimum absolute atomic E-state index is 0.794. The molecular weight excluding hydrogens is 220 g/mol. The van der Waals surface area contributed by atoms with Gasteiger partial charge in [-0.2, -0.15) is 0 Å². The smallest absolute Gasteiger partial charge is 0.0412 e. The van der Waals surface area contributed by atoms with Crippen LogP contribution < -0.4 is 10.2 Å². The number of aryl methyl sites for hydroxylation is 1. The molecular formula is C16H26N2. The minimum Gasteiger partial charge on any atom is -0.371 e. The first kappa shape index (κ1) is 13.4.